The first-order valence-electron chi connectivity index (χ1n) is 16.5. The number of hydrogen-bond acceptors (Lipinski definition) is 2. The molecule has 0 unspecified atom stereocenters. The van der Waals surface area contributed by atoms with Gasteiger partial charge in [-0.05, 0) is 35.4 Å². The zero-order chi connectivity index (χ0) is 33.9. The average Bonchev–Trinajstić information content (AvgIpc) is 4.00. The molecule has 0 aliphatic heterocycles. The van der Waals surface area contributed by atoms with Crippen LogP contribution < -0.4 is 0 Å². The molecule has 0 bridgehead atoms. The zero-order valence-electron chi connectivity index (χ0n) is 30.0. The Labute approximate surface area is 346 Å². The minimum atomic E-state index is 0. The quantitative estimate of drug-likeness (QED) is 0.130. The van der Waals surface area contributed by atoms with Gasteiger partial charge < -0.3 is 23.7 Å². The topological polar surface area (TPSA) is 26.3 Å². The zero-order valence-corrected chi connectivity index (χ0v) is 35.0. The molecule has 0 N–H and O–H groups in total. The molecule has 0 atom stereocenters. The standard InChI is InChI=1S/2C23H15O.2CH3.2ClH.Si.Zr/c2*1-2-7-16(8-3-1)20-11-6-10-17-13-19(14-21(17)20)23-15-18-9-4-5-12-22(18)24-23;;;;;;/h2*1-15H;2*1H3;2*1H;;/q4*-1;;;;. The monoisotopic (exact) mass is 834 g/mol. The van der Waals surface area contributed by atoms with Crippen molar-refractivity contribution in [1.82, 2.24) is 0 Å². The van der Waals surface area contributed by atoms with Gasteiger partial charge in [0.25, 0.3) is 0 Å². The van der Waals surface area contributed by atoms with Crippen molar-refractivity contribution in [3.63, 3.8) is 0 Å². The van der Waals surface area contributed by atoms with Crippen LogP contribution in [0.3, 0.4) is 0 Å². The Morgan fingerprint density at radius 1 is 0.407 bits per heavy atom. The number of furan rings is 2. The molecule has 0 amide bonds. The summed E-state index contributed by atoms with van der Waals surface area (Å²) in [5, 5.41) is 7.29. The van der Waals surface area contributed by atoms with Gasteiger partial charge in [0.15, 0.2) is 0 Å². The average molecular weight is 837 g/mol. The van der Waals surface area contributed by atoms with Gasteiger partial charge in [0.1, 0.15) is 11.2 Å². The molecule has 10 rings (SSSR count). The second-order valence-electron chi connectivity index (χ2n) is 12.1. The third-order valence-electron chi connectivity index (χ3n) is 9.09. The van der Waals surface area contributed by atoms with Crippen LogP contribution in [-0.4, -0.2) is 6.88 Å². The summed E-state index contributed by atoms with van der Waals surface area (Å²) in [6, 6.07) is 63.4. The number of benzene rings is 6. The Morgan fingerprint density at radius 3 is 1.17 bits per heavy atom. The van der Waals surface area contributed by atoms with Crippen molar-refractivity contribution in [3.05, 3.63) is 197 Å². The normalized spacial score (nSPS) is 10.1. The van der Waals surface area contributed by atoms with E-state index >= 15 is 0 Å². The van der Waals surface area contributed by atoms with E-state index in [-0.39, 0.29) is 39.7 Å². The van der Waals surface area contributed by atoms with Crippen molar-refractivity contribution >= 4 is 75.2 Å². The number of para-hydroxylation sites is 2. The summed E-state index contributed by atoms with van der Waals surface area (Å²) in [4.78, 5) is 0. The molecule has 2 nitrogen and oxygen atoms in total. The number of rotatable bonds is 4. The summed E-state index contributed by atoms with van der Waals surface area (Å²) in [6.07, 6.45) is 0. The molecule has 10 aromatic rings. The molecule has 54 heavy (non-hydrogen) atoms. The van der Waals surface area contributed by atoms with E-state index < -0.39 is 0 Å². The first-order chi connectivity index (χ1) is 24.8. The molecule has 2 heterocycles. The fourth-order valence-corrected chi connectivity index (χ4v) is 6.74. The van der Waals surface area contributed by atoms with Gasteiger partial charge in [-0.2, -0.15) is 0 Å². The molecule has 2 radical (unpaired) electrons. The molecule has 0 aliphatic rings. The van der Waals surface area contributed by atoms with Crippen LogP contribution >= 0.6 is 24.8 Å². The van der Waals surface area contributed by atoms with Crippen molar-refractivity contribution in [2.24, 2.45) is 0 Å². The maximum atomic E-state index is 6.03. The molecule has 268 valence electrons. The summed E-state index contributed by atoms with van der Waals surface area (Å²) in [5.74, 6) is 1.85. The summed E-state index contributed by atoms with van der Waals surface area (Å²) < 4.78 is 12.1. The van der Waals surface area contributed by atoms with Crippen molar-refractivity contribution in [1.29, 1.82) is 0 Å². The Kier molecular flexibility index (Phi) is 14.8. The fraction of sp³-hybridized carbons (Fsp3) is 0. The molecule has 6 heteroatoms. The molecule has 2 aromatic heterocycles. The van der Waals surface area contributed by atoms with Crippen LogP contribution in [0.15, 0.2) is 191 Å². The predicted molar refractivity (Wildman–Crippen MR) is 233 cm³/mol. The van der Waals surface area contributed by atoms with Crippen molar-refractivity contribution in [3.8, 4) is 44.9 Å². The van der Waals surface area contributed by atoms with Crippen LogP contribution in [-0.2, 0) is 23.3 Å². The molecule has 0 fully saturated rings. The summed E-state index contributed by atoms with van der Waals surface area (Å²) in [7, 11) is 0. The van der Waals surface area contributed by atoms with Crippen molar-refractivity contribution in [2.75, 3.05) is 0 Å². The predicted octanol–water partition coefficient (Wildman–Crippen LogP) is 14.6. The van der Waals surface area contributed by atoms with Gasteiger partial charge in [-0.3, -0.25) is 0 Å². The molecule has 0 spiro atoms. The molecule has 0 saturated heterocycles. The van der Waals surface area contributed by atoms with E-state index in [0.29, 0.717) is 0 Å². The third-order valence-corrected chi connectivity index (χ3v) is 9.09. The van der Waals surface area contributed by atoms with E-state index in [9.17, 15) is 0 Å². The number of hydrogen-bond donors (Lipinski definition) is 0. The van der Waals surface area contributed by atoms with Crippen LogP contribution in [0.1, 0.15) is 0 Å². The van der Waals surface area contributed by atoms with E-state index in [4.69, 9.17) is 8.83 Å². The minimum Gasteiger partial charge on any atom is -0.491 e. The van der Waals surface area contributed by atoms with Crippen LogP contribution in [0.4, 0.5) is 0 Å². The first-order valence-corrected chi connectivity index (χ1v) is 20.7. The molecular formula is C48H38Cl2O2SiZr-4. The van der Waals surface area contributed by atoms with Gasteiger partial charge in [0.2, 0.25) is 0 Å². The maximum absolute atomic E-state index is 6.03. The second kappa shape index (κ2) is 19.1. The Hall–Kier alpha value is -4.70. The molecular weight excluding hydrogens is 799 g/mol. The van der Waals surface area contributed by atoms with E-state index in [1.165, 1.54) is 67.1 Å². The smallest absolute Gasteiger partial charge is 0.123 e. The van der Waals surface area contributed by atoms with Crippen LogP contribution in [0, 0.1) is 14.9 Å². The van der Waals surface area contributed by atoms with Gasteiger partial charge in [-0.1, -0.05) is 144 Å². The maximum Gasteiger partial charge on any atom is 0.123 e. The number of halogens is 2. The van der Waals surface area contributed by atoms with Crippen LogP contribution in [0.5, 0.6) is 0 Å². The SMILES string of the molecule is Cl.Cl.[CH3-].[CH3-].[Si]=[Zr].c1ccc(-c2cccc3[cH-]c(-c4cc5ccccc5o4)cc23)cc1.c1ccc(-c2cccc3[cH-]c(-c4cc5ccccc5o4)cc23)cc1. The summed E-state index contributed by atoms with van der Waals surface area (Å²) in [6.45, 7) is 3.06. The van der Waals surface area contributed by atoms with Crippen LogP contribution in [0.25, 0.3) is 88.4 Å². The van der Waals surface area contributed by atoms with Gasteiger partial charge in [-0.25, -0.2) is 0 Å². The number of fused-ring (bicyclic) bond motifs is 4. The first kappa shape index (κ1) is 42.0. The Balaban J connectivity index is 0.000000215. The van der Waals surface area contributed by atoms with Crippen molar-refractivity contribution < 1.29 is 32.2 Å². The minimum absolute atomic E-state index is 0. The van der Waals surface area contributed by atoms with Gasteiger partial charge in [0.05, 0.1) is 11.5 Å². The fourth-order valence-electron chi connectivity index (χ4n) is 6.74. The van der Waals surface area contributed by atoms with Gasteiger partial charge >= 0.3 is 30.2 Å². The van der Waals surface area contributed by atoms with E-state index in [1.807, 2.05) is 36.4 Å². The van der Waals surface area contributed by atoms with E-state index in [0.717, 1.165) is 44.6 Å². The van der Waals surface area contributed by atoms with Gasteiger partial charge in [-0.15, -0.1) is 82.8 Å². The van der Waals surface area contributed by atoms with Crippen molar-refractivity contribution in [2.45, 2.75) is 0 Å². The molecule has 0 aliphatic carbocycles. The van der Waals surface area contributed by atoms with Gasteiger partial charge in [0, 0.05) is 10.8 Å². The Morgan fingerprint density at radius 2 is 0.778 bits per heavy atom. The van der Waals surface area contributed by atoms with Crippen LogP contribution in [0.2, 0.25) is 0 Å². The summed E-state index contributed by atoms with van der Waals surface area (Å²) >= 11 is 1.36. The second-order valence-corrected chi connectivity index (χ2v) is 12.1. The third kappa shape index (κ3) is 8.49. The summed E-state index contributed by atoms with van der Waals surface area (Å²) in [5.41, 5.74) is 9.12. The molecule has 8 aromatic carbocycles. The van der Waals surface area contributed by atoms with E-state index in [2.05, 4.69) is 152 Å². The molecule has 0 saturated carbocycles. The van der Waals surface area contributed by atoms with E-state index in [1.54, 1.807) is 0 Å². The Bertz CT molecular complexity index is 2450. The largest absolute Gasteiger partial charge is 0.491 e.